The molecule has 5 rings (SSSR count). The Morgan fingerprint density at radius 2 is 1.72 bits per heavy atom. The standard InChI is InChI=1S/C24H22F3N3O2/c25-24(26,27)18-3-5-19(6-4-18)30-15-23(14-21(30)31)8-11-29(12-9-23)22(32)17-2-1-16-7-10-28-20(16)13-17/h1-7,10,13,28H,8-9,11-12,14-15H2. The highest BCUT2D eigenvalue weighted by Crippen LogP contribution is 2.43. The number of H-pyrrole nitrogens is 1. The molecule has 3 aromatic rings. The van der Waals surface area contributed by atoms with Crippen molar-refractivity contribution in [2.24, 2.45) is 5.41 Å². The number of nitrogens with one attached hydrogen (secondary N) is 1. The zero-order chi connectivity index (χ0) is 22.5. The van der Waals surface area contributed by atoms with E-state index in [1.54, 1.807) is 4.90 Å². The SMILES string of the molecule is O=C(c1ccc2cc[nH]c2c1)N1CCC2(CC1)CC(=O)N(c1ccc(C(F)(F)F)cc1)C2. The van der Waals surface area contributed by atoms with Crippen molar-refractivity contribution in [3.8, 4) is 0 Å². The largest absolute Gasteiger partial charge is 0.416 e. The van der Waals surface area contributed by atoms with Crippen molar-refractivity contribution in [2.45, 2.75) is 25.4 Å². The molecule has 2 aromatic carbocycles. The molecule has 0 unspecified atom stereocenters. The Hall–Kier alpha value is -3.29. The molecular formula is C24H22F3N3O2. The van der Waals surface area contributed by atoms with E-state index in [2.05, 4.69) is 4.98 Å². The molecule has 1 spiro atoms. The van der Waals surface area contributed by atoms with Gasteiger partial charge in [-0.15, -0.1) is 0 Å². The molecule has 166 valence electrons. The molecule has 32 heavy (non-hydrogen) atoms. The van der Waals surface area contributed by atoms with Crippen LogP contribution in [0.25, 0.3) is 10.9 Å². The van der Waals surface area contributed by atoms with Crippen LogP contribution < -0.4 is 4.90 Å². The summed E-state index contributed by atoms with van der Waals surface area (Å²) >= 11 is 0. The van der Waals surface area contributed by atoms with Gasteiger partial charge in [-0.05, 0) is 60.7 Å². The molecule has 0 radical (unpaired) electrons. The number of halogens is 3. The third-order valence-electron chi connectivity index (χ3n) is 6.74. The highest BCUT2D eigenvalue weighted by atomic mass is 19.4. The predicted octanol–water partition coefficient (Wildman–Crippen LogP) is 4.85. The fourth-order valence-corrected chi connectivity index (χ4v) is 4.84. The van der Waals surface area contributed by atoms with E-state index in [-0.39, 0.29) is 17.2 Å². The van der Waals surface area contributed by atoms with Crippen LogP contribution >= 0.6 is 0 Å². The number of likely N-dealkylation sites (tertiary alicyclic amines) is 1. The van der Waals surface area contributed by atoms with Crippen molar-refractivity contribution in [1.82, 2.24) is 9.88 Å². The van der Waals surface area contributed by atoms with Crippen LogP contribution in [-0.4, -0.2) is 41.3 Å². The number of piperidine rings is 1. The molecule has 0 saturated carbocycles. The van der Waals surface area contributed by atoms with E-state index in [0.29, 0.717) is 50.1 Å². The average Bonchev–Trinajstić information content (AvgIpc) is 3.37. The molecule has 5 nitrogen and oxygen atoms in total. The number of aromatic amines is 1. The van der Waals surface area contributed by atoms with E-state index in [4.69, 9.17) is 0 Å². The first-order valence-corrected chi connectivity index (χ1v) is 10.6. The predicted molar refractivity (Wildman–Crippen MR) is 114 cm³/mol. The highest BCUT2D eigenvalue weighted by molar-refractivity contribution is 5.98. The summed E-state index contributed by atoms with van der Waals surface area (Å²) in [6.45, 7) is 1.57. The molecule has 2 fully saturated rings. The van der Waals surface area contributed by atoms with E-state index >= 15 is 0 Å². The highest BCUT2D eigenvalue weighted by Gasteiger charge is 2.46. The minimum Gasteiger partial charge on any atom is -0.361 e. The number of carbonyl (C=O) groups excluding carboxylic acids is 2. The number of benzene rings is 2. The fraction of sp³-hybridized carbons (Fsp3) is 0.333. The normalized spacial score (nSPS) is 18.7. The third kappa shape index (κ3) is 3.63. The van der Waals surface area contributed by atoms with Crippen LogP contribution in [0.15, 0.2) is 54.7 Å². The molecule has 0 bridgehead atoms. The van der Waals surface area contributed by atoms with Crippen molar-refractivity contribution >= 4 is 28.4 Å². The lowest BCUT2D eigenvalue weighted by molar-refractivity contribution is -0.137. The van der Waals surface area contributed by atoms with Gasteiger partial charge in [0.05, 0.1) is 5.56 Å². The Labute approximate surface area is 182 Å². The van der Waals surface area contributed by atoms with Gasteiger partial charge in [-0.3, -0.25) is 9.59 Å². The van der Waals surface area contributed by atoms with Gasteiger partial charge in [0.15, 0.2) is 0 Å². The third-order valence-corrected chi connectivity index (χ3v) is 6.74. The van der Waals surface area contributed by atoms with E-state index in [1.807, 2.05) is 35.4 Å². The summed E-state index contributed by atoms with van der Waals surface area (Å²) < 4.78 is 38.5. The zero-order valence-corrected chi connectivity index (χ0v) is 17.3. The lowest BCUT2D eigenvalue weighted by Gasteiger charge is -2.38. The molecule has 1 aromatic heterocycles. The number of anilines is 1. The second-order valence-corrected chi connectivity index (χ2v) is 8.77. The van der Waals surface area contributed by atoms with Crippen LogP contribution in [0.2, 0.25) is 0 Å². The number of aromatic nitrogens is 1. The number of alkyl halides is 3. The van der Waals surface area contributed by atoms with Crippen LogP contribution in [0, 0.1) is 5.41 Å². The van der Waals surface area contributed by atoms with E-state index in [1.165, 1.54) is 12.1 Å². The first kappa shape index (κ1) is 20.6. The van der Waals surface area contributed by atoms with Crippen molar-refractivity contribution < 1.29 is 22.8 Å². The number of carbonyl (C=O) groups is 2. The van der Waals surface area contributed by atoms with Crippen molar-refractivity contribution in [2.75, 3.05) is 24.5 Å². The van der Waals surface area contributed by atoms with Crippen LogP contribution in [0.1, 0.15) is 35.2 Å². The Morgan fingerprint density at radius 3 is 2.41 bits per heavy atom. The minimum absolute atomic E-state index is 0.0275. The van der Waals surface area contributed by atoms with E-state index < -0.39 is 11.7 Å². The molecule has 0 atom stereocenters. The smallest absolute Gasteiger partial charge is 0.361 e. The van der Waals surface area contributed by atoms with Gasteiger partial charge in [0.2, 0.25) is 5.91 Å². The van der Waals surface area contributed by atoms with E-state index in [0.717, 1.165) is 23.0 Å². The van der Waals surface area contributed by atoms with Gasteiger partial charge in [0, 0.05) is 54.4 Å². The molecular weight excluding hydrogens is 419 g/mol. The minimum atomic E-state index is -4.40. The van der Waals surface area contributed by atoms with Gasteiger partial charge < -0.3 is 14.8 Å². The van der Waals surface area contributed by atoms with Gasteiger partial charge >= 0.3 is 6.18 Å². The fourth-order valence-electron chi connectivity index (χ4n) is 4.84. The number of hydrogen-bond donors (Lipinski definition) is 1. The second-order valence-electron chi connectivity index (χ2n) is 8.77. The number of rotatable bonds is 2. The lowest BCUT2D eigenvalue weighted by atomic mass is 9.77. The Morgan fingerprint density at radius 1 is 1.00 bits per heavy atom. The monoisotopic (exact) mass is 441 g/mol. The molecule has 8 heteroatoms. The number of nitrogens with zero attached hydrogens (tertiary/aromatic N) is 2. The Kier molecular flexibility index (Phi) is 4.76. The average molecular weight is 441 g/mol. The maximum Gasteiger partial charge on any atom is 0.416 e. The van der Waals surface area contributed by atoms with Gasteiger partial charge in [-0.1, -0.05) is 6.07 Å². The Bertz CT molecular complexity index is 1180. The molecule has 2 saturated heterocycles. The zero-order valence-electron chi connectivity index (χ0n) is 17.3. The lowest BCUT2D eigenvalue weighted by Crippen LogP contribution is -2.44. The summed E-state index contributed by atoms with van der Waals surface area (Å²) in [7, 11) is 0. The summed E-state index contributed by atoms with van der Waals surface area (Å²) in [5.41, 5.74) is 1.05. The summed E-state index contributed by atoms with van der Waals surface area (Å²) in [6, 6.07) is 12.3. The van der Waals surface area contributed by atoms with Gasteiger partial charge in [0.1, 0.15) is 0 Å². The van der Waals surface area contributed by atoms with Crippen molar-refractivity contribution in [3.05, 3.63) is 65.9 Å². The number of fused-ring (bicyclic) bond motifs is 1. The van der Waals surface area contributed by atoms with E-state index in [9.17, 15) is 22.8 Å². The van der Waals surface area contributed by atoms with Crippen LogP contribution in [0.3, 0.4) is 0 Å². The van der Waals surface area contributed by atoms with Crippen molar-refractivity contribution in [1.29, 1.82) is 0 Å². The molecule has 0 aliphatic carbocycles. The Balaban J connectivity index is 1.26. The summed E-state index contributed by atoms with van der Waals surface area (Å²) in [5.74, 6) is -0.109. The van der Waals surface area contributed by atoms with Crippen LogP contribution in [0.4, 0.5) is 18.9 Å². The summed E-state index contributed by atoms with van der Waals surface area (Å²) in [6.07, 6.45) is -0.841. The second kappa shape index (κ2) is 7.39. The molecule has 3 heterocycles. The van der Waals surface area contributed by atoms with Crippen LogP contribution in [0.5, 0.6) is 0 Å². The quantitative estimate of drug-likeness (QED) is 0.618. The maximum atomic E-state index is 13.0. The van der Waals surface area contributed by atoms with Crippen LogP contribution in [-0.2, 0) is 11.0 Å². The molecule has 1 N–H and O–H groups in total. The maximum absolute atomic E-state index is 13.0. The molecule has 2 aliphatic heterocycles. The molecule has 2 aliphatic rings. The number of amides is 2. The van der Waals surface area contributed by atoms with Gasteiger partial charge in [0.25, 0.3) is 5.91 Å². The van der Waals surface area contributed by atoms with Gasteiger partial charge in [-0.2, -0.15) is 13.2 Å². The topological polar surface area (TPSA) is 56.4 Å². The molecule has 2 amide bonds. The van der Waals surface area contributed by atoms with Crippen molar-refractivity contribution in [3.63, 3.8) is 0 Å². The van der Waals surface area contributed by atoms with Gasteiger partial charge in [-0.25, -0.2) is 0 Å². The first-order chi connectivity index (χ1) is 15.2. The number of hydrogen-bond acceptors (Lipinski definition) is 2. The first-order valence-electron chi connectivity index (χ1n) is 10.6. The summed E-state index contributed by atoms with van der Waals surface area (Å²) in [5, 5.41) is 1.05. The summed E-state index contributed by atoms with van der Waals surface area (Å²) in [4.78, 5) is 32.2.